The van der Waals surface area contributed by atoms with E-state index >= 15 is 0 Å². The van der Waals surface area contributed by atoms with E-state index in [9.17, 15) is 0 Å². The van der Waals surface area contributed by atoms with Crippen molar-refractivity contribution in [3.8, 4) is 0 Å². The highest BCUT2D eigenvalue weighted by molar-refractivity contribution is 6.31. The van der Waals surface area contributed by atoms with Crippen molar-refractivity contribution in [2.24, 2.45) is 0 Å². The number of halogens is 1. The second kappa shape index (κ2) is 5.10. The molecular formula is C16H14ClN5. The Labute approximate surface area is 131 Å². The van der Waals surface area contributed by atoms with Gasteiger partial charge in [0.05, 0.1) is 0 Å². The molecule has 0 bridgehead atoms. The maximum absolute atomic E-state index is 6.18. The van der Waals surface area contributed by atoms with Crippen molar-refractivity contribution in [1.29, 1.82) is 0 Å². The molecule has 0 atom stereocenters. The second-order valence-electron chi connectivity index (χ2n) is 5.41. The number of hydrogen-bond acceptors (Lipinski definition) is 3. The standard InChI is InChI=1S/C16H14ClN5/c1-10-2-4-14-12(8-10)13-9-11(17)3-5-15(13)22(14)7-6-16-18-20-21-19-16/h2-5,8-9H,6-7H2,1H3,(H,18,19,20,21). The Bertz CT molecular complexity index is 896. The smallest absolute Gasteiger partial charge is 0.176 e. The number of aryl methyl sites for hydroxylation is 3. The fraction of sp³-hybridized carbons (Fsp3) is 0.188. The molecule has 4 rings (SSSR count). The molecule has 4 aromatic rings. The lowest BCUT2D eigenvalue weighted by atomic mass is 10.1. The van der Waals surface area contributed by atoms with Gasteiger partial charge in [0.25, 0.3) is 0 Å². The van der Waals surface area contributed by atoms with Crippen molar-refractivity contribution in [2.75, 3.05) is 0 Å². The Balaban J connectivity index is 1.90. The maximum atomic E-state index is 6.18. The first-order valence-corrected chi connectivity index (χ1v) is 7.50. The summed E-state index contributed by atoms with van der Waals surface area (Å²) in [5, 5.41) is 17.3. The Morgan fingerprint density at radius 3 is 2.64 bits per heavy atom. The van der Waals surface area contributed by atoms with E-state index in [1.807, 2.05) is 12.1 Å². The van der Waals surface area contributed by atoms with Crippen molar-refractivity contribution >= 4 is 33.4 Å². The lowest BCUT2D eigenvalue weighted by Gasteiger charge is -2.05. The Morgan fingerprint density at radius 2 is 1.86 bits per heavy atom. The molecule has 1 N–H and O–H groups in total. The monoisotopic (exact) mass is 311 g/mol. The molecular weight excluding hydrogens is 298 g/mol. The van der Waals surface area contributed by atoms with E-state index in [0.29, 0.717) is 0 Å². The van der Waals surface area contributed by atoms with Crippen molar-refractivity contribution in [3.05, 3.63) is 52.8 Å². The van der Waals surface area contributed by atoms with Gasteiger partial charge >= 0.3 is 0 Å². The molecule has 0 aliphatic heterocycles. The van der Waals surface area contributed by atoms with E-state index in [1.54, 1.807) is 0 Å². The van der Waals surface area contributed by atoms with Crippen LogP contribution in [0, 0.1) is 6.92 Å². The van der Waals surface area contributed by atoms with Gasteiger partial charge in [-0.25, -0.2) is 0 Å². The van der Waals surface area contributed by atoms with Gasteiger partial charge in [0.1, 0.15) is 0 Å². The van der Waals surface area contributed by atoms with Crippen LogP contribution >= 0.6 is 11.6 Å². The molecule has 0 radical (unpaired) electrons. The van der Waals surface area contributed by atoms with E-state index in [-0.39, 0.29) is 0 Å². The van der Waals surface area contributed by atoms with Crippen molar-refractivity contribution in [1.82, 2.24) is 25.2 Å². The SMILES string of the molecule is Cc1ccc2c(c1)c1cc(Cl)ccc1n2CCc1nn[nH]n1. The zero-order valence-corrected chi connectivity index (χ0v) is 12.8. The van der Waals surface area contributed by atoms with Crippen LogP contribution in [0.3, 0.4) is 0 Å². The molecule has 0 unspecified atom stereocenters. The van der Waals surface area contributed by atoms with Crippen LogP contribution in [0.25, 0.3) is 21.8 Å². The minimum Gasteiger partial charge on any atom is -0.340 e. The quantitative estimate of drug-likeness (QED) is 0.630. The molecule has 5 nitrogen and oxygen atoms in total. The molecule has 0 aliphatic carbocycles. The summed E-state index contributed by atoms with van der Waals surface area (Å²) >= 11 is 6.18. The minimum absolute atomic E-state index is 0.719. The van der Waals surface area contributed by atoms with Gasteiger partial charge in [0.2, 0.25) is 0 Å². The van der Waals surface area contributed by atoms with E-state index in [2.05, 4.69) is 56.4 Å². The van der Waals surface area contributed by atoms with Crippen LogP contribution < -0.4 is 0 Å². The molecule has 0 spiro atoms. The van der Waals surface area contributed by atoms with Gasteiger partial charge in [0, 0.05) is 39.8 Å². The molecule has 0 aliphatic rings. The van der Waals surface area contributed by atoms with Gasteiger partial charge in [-0.3, -0.25) is 0 Å². The molecule has 0 amide bonds. The van der Waals surface area contributed by atoms with Crippen LogP contribution in [0.15, 0.2) is 36.4 Å². The van der Waals surface area contributed by atoms with E-state index in [0.717, 1.165) is 23.8 Å². The number of hydrogen-bond donors (Lipinski definition) is 1. The Morgan fingerprint density at radius 1 is 1.09 bits per heavy atom. The van der Waals surface area contributed by atoms with Crippen molar-refractivity contribution in [2.45, 2.75) is 19.9 Å². The molecule has 2 aromatic carbocycles. The highest BCUT2D eigenvalue weighted by atomic mass is 35.5. The number of benzene rings is 2. The summed E-state index contributed by atoms with van der Waals surface area (Å²) < 4.78 is 2.29. The highest BCUT2D eigenvalue weighted by Crippen LogP contribution is 2.31. The molecule has 0 saturated carbocycles. The van der Waals surface area contributed by atoms with Crippen LogP contribution in [0.1, 0.15) is 11.4 Å². The average Bonchev–Trinajstić information content (AvgIpc) is 3.11. The van der Waals surface area contributed by atoms with Gasteiger partial charge in [-0.05, 0) is 37.3 Å². The van der Waals surface area contributed by atoms with E-state index in [4.69, 9.17) is 11.6 Å². The fourth-order valence-corrected chi connectivity index (χ4v) is 3.10. The minimum atomic E-state index is 0.719. The Kier molecular flexibility index (Phi) is 3.08. The predicted octanol–water partition coefficient (Wildman–Crippen LogP) is 3.51. The normalized spacial score (nSPS) is 11.5. The molecule has 6 heteroatoms. The Hall–Kier alpha value is -2.40. The summed E-state index contributed by atoms with van der Waals surface area (Å²) in [7, 11) is 0. The first-order chi connectivity index (χ1) is 10.7. The summed E-state index contributed by atoms with van der Waals surface area (Å²) in [6, 6.07) is 12.5. The molecule has 110 valence electrons. The number of aromatic amines is 1. The van der Waals surface area contributed by atoms with E-state index in [1.165, 1.54) is 27.4 Å². The lowest BCUT2D eigenvalue weighted by Crippen LogP contribution is -2.02. The maximum Gasteiger partial charge on any atom is 0.176 e. The molecule has 2 aromatic heterocycles. The highest BCUT2D eigenvalue weighted by Gasteiger charge is 2.12. The van der Waals surface area contributed by atoms with Crippen LogP contribution in [-0.2, 0) is 13.0 Å². The largest absolute Gasteiger partial charge is 0.340 e. The van der Waals surface area contributed by atoms with Crippen LogP contribution in [-0.4, -0.2) is 25.2 Å². The third kappa shape index (κ3) is 2.14. The van der Waals surface area contributed by atoms with Gasteiger partial charge in [-0.2, -0.15) is 5.21 Å². The van der Waals surface area contributed by atoms with Crippen molar-refractivity contribution in [3.63, 3.8) is 0 Å². The number of nitrogens with zero attached hydrogens (tertiary/aromatic N) is 4. The molecule has 0 fully saturated rings. The number of fused-ring (bicyclic) bond motifs is 3. The summed E-state index contributed by atoms with van der Waals surface area (Å²) in [4.78, 5) is 0. The summed E-state index contributed by atoms with van der Waals surface area (Å²) in [5.74, 6) is 0.719. The van der Waals surface area contributed by atoms with Gasteiger partial charge in [-0.15, -0.1) is 10.2 Å². The summed E-state index contributed by atoms with van der Waals surface area (Å²) in [5.41, 5.74) is 3.62. The first kappa shape index (κ1) is 13.3. The number of tetrazole rings is 1. The predicted molar refractivity (Wildman–Crippen MR) is 87.1 cm³/mol. The molecule has 2 heterocycles. The average molecular weight is 312 g/mol. The third-order valence-corrected chi connectivity index (χ3v) is 4.17. The second-order valence-corrected chi connectivity index (χ2v) is 5.85. The zero-order valence-electron chi connectivity index (χ0n) is 12.0. The zero-order chi connectivity index (χ0) is 15.1. The van der Waals surface area contributed by atoms with E-state index < -0.39 is 0 Å². The molecule has 22 heavy (non-hydrogen) atoms. The topological polar surface area (TPSA) is 59.4 Å². The summed E-state index contributed by atoms with van der Waals surface area (Å²) in [6.07, 6.45) is 0.728. The number of rotatable bonds is 3. The van der Waals surface area contributed by atoms with Gasteiger partial charge in [-0.1, -0.05) is 28.4 Å². The van der Waals surface area contributed by atoms with Crippen LogP contribution in [0.4, 0.5) is 0 Å². The number of H-pyrrole nitrogens is 1. The third-order valence-electron chi connectivity index (χ3n) is 3.93. The molecule has 0 saturated heterocycles. The van der Waals surface area contributed by atoms with Gasteiger partial charge in [0.15, 0.2) is 5.82 Å². The van der Waals surface area contributed by atoms with Crippen LogP contribution in [0.2, 0.25) is 5.02 Å². The lowest BCUT2D eigenvalue weighted by molar-refractivity contribution is 0.712. The number of aromatic nitrogens is 5. The summed E-state index contributed by atoms with van der Waals surface area (Å²) in [6.45, 7) is 2.90. The van der Waals surface area contributed by atoms with Gasteiger partial charge < -0.3 is 4.57 Å². The first-order valence-electron chi connectivity index (χ1n) is 7.13. The fourth-order valence-electron chi connectivity index (χ4n) is 2.93. The van der Waals surface area contributed by atoms with Crippen molar-refractivity contribution < 1.29 is 0 Å². The van der Waals surface area contributed by atoms with Crippen LogP contribution in [0.5, 0.6) is 0 Å². The number of nitrogens with one attached hydrogen (secondary N) is 1.